The highest BCUT2D eigenvalue weighted by molar-refractivity contribution is 7.92. The Morgan fingerprint density at radius 1 is 1.13 bits per heavy atom. The van der Waals surface area contributed by atoms with Crippen LogP contribution in [0.25, 0.3) is 11.0 Å². The number of aryl methyl sites for hydroxylation is 1. The van der Waals surface area contributed by atoms with E-state index in [1.807, 2.05) is 0 Å². The van der Waals surface area contributed by atoms with Crippen LogP contribution in [-0.2, 0) is 16.4 Å². The lowest BCUT2D eigenvalue weighted by atomic mass is 9.98. The summed E-state index contributed by atoms with van der Waals surface area (Å²) < 4.78 is 37.3. The lowest BCUT2D eigenvalue weighted by Gasteiger charge is -2.07. The van der Waals surface area contributed by atoms with Crippen molar-refractivity contribution in [3.05, 3.63) is 59.4 Å². The number of alkyl halides is 1. The van der Waals surface area contributed by atoms with Crippen molar-refractivity contribution in [3.8, 4) is 5.75 Å². The number of anilines is 1. The highest BCUT2D eigenvalue weighted by Gasteiger charge is 2.22. The van der Waals surface area contributed by atoms with E-state index in [2.05, 4.69) is 11.6 Å². The van der Waals surface area contributed by atoms with Crippen molar-refractivity contribution in [1.82, 2.24) is 0 Å². The first kappa shape index (κ1) is 23.2. The number of fused-ring (bicyclic) bond motifs is 1. The molecule has 0 unspecified atom stereocenters. The SMILES string of the molecule is CCCCc1oc2ccc(NS(C)(=O)=O)cc2c1C(=O)c1ccc(OCCCCl)cc1. The van der Waals surface area contributed by atoms with Crippen LogP contribution in [0.3, 0.4) is 0 Å². The fourth-order valence-electron chi connectivity index (χ4n) is 3.28. The van der Waals surface area contributed by atoms with Crippen LogP contribution in [0.4, 0.5) is 5.69 Å². The van der Waals surface area contributed by atoms with Gasteiger partial charge in [-0.1, -0.05) is 13.3 Å². The molecule has 0 aliphatic rings. The Balaban J connectivity index is 1.98. The molecule has 3 rings (SSSR count). The molecule has 3 aromatic rings. The van der Waals surface area contributed by atoms with Gasteiger partial charge >= 0.3 is 0 Å². The van der Waals surface area contributed by atoms with Gasteiger partial charge in [0.05, 0.1) is 18.4 Å². The molecule has 0 spiro atoms. The monoisotopic (exact) mass is 463 g/mol. The van der Waals surface area contributed by atoms with Gasteiger partial charge in [0.15, 0.2) is 5.78 Å². The Kier molecular flexibility index (Phi) is 7.62. The molecule has 0 bridgehead atoms. The van der Waals surface area contributed by atoms with E-state index >= 15 is 0 Å². The van der Waals surface area contributed by atoms with Crippen LogP contribution in [0.5, 0.6) is 5.75 Å². The Morgan fingerprint density at radius 2 is 1.87 bits per heavy atom. The smallest absolute Gasteiger partial charge is 0.229 e. The molecule has 0 fully saturated rings. The number of unbranched alkanes of at least 4 members (excludes halogenated alkanes) is 1. The number of carbonyl (C=O) groups is 1. The standard InChI is InChI=1S/C23H26ClNO5S/c1-3-4-6-21-22(19-15-17(25-31(2,27)28)9-12-20(19)30-21)23(26)16-7-10-18(11-8-16)29-14-5-13-24/h7-12,15,25H,3-6,13-14H2,1-2H3. The van der Waals surface area contributed by atoms with Crippen molar-refractivity contribution < 1.29 is 22.4 Å². The molecule has 0 amide bonds. The molecule has 0 aliphatic carbocycles. The molecule has 0 saturated heterocycles. The minimum Gasteiger partial charge on any atom is -0.494 e. The van der Waals surface area contributed by atoms with Gasteiger partial charge in [-0.3, -0.25) is 9.52 Å². The van der Waals surface area contributed by atoms with Gasteiger partial charge in [0.2, 0.25) is 10.0 Å². The van der Waals surface area contributed by atoms with Crippen LogP contribution in [0.1, 0.15) is 47.9 Å². The number of benzene rings is 2. The molecule has 0 atom stereocenters. The highest BCUT2D eigenvalue weighted by Crippen LogP contribution is 2.32. The second-order valence-corrected chi connectivity index (χ2v) is 9.46. The molecule has 31 heavy (non-hydrogen) atoms. The number of nitrogens with one attached hydrogen (secondary N) is 1. The van der Waals surface area contributed by atoms with E-state index in [4.69, 9.17) is 20.8 Å². The maximum absolute atomic E-state index is 13.4. The Morgan fingerprint density at radius 3 is 2.52 bits per heavy atom. The zero-order chi connectivity index (χ0) is 22.4. The molecular formula is C23H26ClNO5S. The molecule has 0 aliphatic heterocycles. The van der Waals surface area contributed by atoms with E-state index < -0.39 is 10.0 Å². The van der Waals surface area contributed by atoms with Gasteiger partial charge in [0, 0.05) is 28.9 Å². The molecule has 1 N–H and O–H groups in total. The Labute approximate surface area is 187 Å². The zero-order valence-corrected chi connectivity index (χ0v) is 19.2. The fraction of sp³-hybridized carbons (Fsp3) is 0.348. The maximum Gasteiger partial charge on any atom is 0.229 e. The molecule has 1 heterocycles. The number of hydrogen-bond donors (Lipinski definition) is 1. The maximum atomic E-state index is 13.4. The number of rotatable bonds is 11. The molecule has 0 saturated carbocycles. The number of hydrogen-bond acceptors (Lipinski definition) is 5. The molecule has 2 aromatic carbocycles. The summed E-state index contributed by atoms with van der Waals surface area (Å²) in [7, 11) is -3.44. The van der Waals surface area contributed by atoms with Crippen molar-refractivity contribution >= 4 is 44.1 Å². The first-order valence-electron chi connectivity index (χ1n) is 10.2. The first-order valence-corrected chi connectivity index (χ1v) is 12.6. The summed E-state index contributed by atoms with van der Waals surface area (Å²) in [6, 6.07) is 11.9. The van der Waals surface area contributed by atoms with Gasteiger partial charge < -0.3 is 9.15 Å². The van der Waals surface area contributed by atoms with Crippen LogP contribution < -0.4 is 9.46 Å². The molecule has 8 heteroatoms. The van der Waals surface area contributed by atoms with Crippen LogP contribution in [0.2, 0.25) is 0 Å². The van der Waals surface area contributed by atoms with Crippen molar-refractivity contribution in [2.75, 3.05) is 23.5 Å². The molecule has 6 nitrogen and oxygen atoms in total. The third kappa shape index (κ3) is 6.02. The number of furan rings is 1. The van der Waals surface area contributed by atoms with E-state index in [1.54, 1.807) is 42.5 Å². The van der Waals surface area contributed by atoms with Gasteiger partial charge in [-0.2, -0.15) is 0 Å². The van der Waals surface area contributed by atoms with Crippen molar-refractivity contribution in [3.63, 3.8) is 0 Å². The van der Waals surface area contributed by atoms with Gasteiger partial charge in [-0.05, 0) is 55.3 Å². The summed E-state index contributed by atoms with van der Waals surface area (Å²) in [5, 5.41) is 0.590. The van der Waals surface area contributed by atoms with E-state index in [0.29, 0.717) is 58.2 Å². The molecule has 166 valence electrons. The predicted molar refractivity (Wildman–Crippen MR) is 124 cm³/mol. The summed E-state index contributed by atoms with van der Waals surface area (Å²) in [6.45, 7) is 2.58. The van der Waals surface area contributed by atoms with E-state index in [0.717, 1.165) is 25.5 Å². The molecule has 1 aromatic heterocycles. The van der Waals surface area contributed by atoms with Crippen LogP contribution in [0, 0.1) is 0 Å². The Hall–Kier alpha value is -2.51. The normalized spacial score (nSPS) is 11.6. The lowest BCUT2D eigenvalue weighted by Crippen LogP contribution is -2.09. The van der Waals surface area contributed by atoms with Gasteiger partial charge in [0.1, 0.15) is 17.1 Å². The van der Waals surface area contributed by atoms with Crippen LogP contribution in [0.15, 0.2) is 46.9 Å². The van der Waals surface area contributed by atoms with E-state index in [-0.39, 0.29) is 5.78 Å². The summed E-state index contributed by atoms with van der Waals surface area (Å²) in [5.41, 5.74) is 1.91. The lowest BCUT2D eigenvalue weighted by molar-refractivity contribution is 0.103. The number of carbonyl (C=O) groups excluding carboxylic acids is 1. The summed E-state index contributed by atoms with van der Waals surface area (Å²) >= 11 is 5.67. The van der Waals surface area contributed by atoms with Crippen molar-refractivity contribution in [2.24, 2.45) is 0 Å². The third-order valence-electron chi connectivity index (χ3n) is 4.71. The highest BCUT2D eigenvalue weighted by atomic mass is 35.5. The molecule has 0 radical (unpaired) electrons. The van der Waals surface area contributed by atoms with Crippen LogP contribution in [-0.4, -0.2) is 32.9 Å². The number of sulfonamides is 1. The van der Waals surface area contributed by atoms with Gasteiger partial charge in [-0.15, -0.1) is 11.6 Å². The topological polar surface area (TPSA) is 85.6 Å². The summed E-state index contributed by atoms with van der Waals surface area (Å²) in [5.74, 6) is 1.64. The zero-order valence-electron chi connectivity index (χ0n) is 17.6. The van der Waals surface area contributed by atoms with E-state index in [9.17, 15) is 13.2 Å². The summed E-state index contributed by atoms with van der Waals surface area (Å²) in [6.07, 6.45) is 4.29. The minimum absolute atomic E-state index is 0.173. The van der Waals surface area contributed by atoms with Gasteiger partial charge in [-0.25, -0.2) is 8.42 Å². The number of ether oxygens (including phenoxy) is 1. The van der Waals surface area contributed by atoms with Crippen molar-refractivity contribution in [1.29, 1.82) is 0 Å². The quantitative estimate of drug-likeness (QED) is 0.234. The summed E-state index contributed by atoms with van der Waals surface area (Å²) in [4.78, 5) is 13.4. The number of ketones is 1. The first-order chi connectivity index (χ1) is 14.8. The second kappa shape index (κ2) is 10.2. The fourth-order valence-corrected chi connectivity index (χ4v) is 3.94. The Bertz CT molecular complexity index is 1150. The molecular weight excluding hydrogens is 438 g/mol. The van der Waals surface area contributed by atoms with Gasteiger partial charge in [0.25, 0.3) is 0 Å². The third-order valence-corrected chi connectivity index (χ3v) is 5.59. The van der Waals surface area contributed by atoms with E-state index in [1.165, 1.54) is 0 Å². The number of halogens is 1. The average molecular weight is 464 g/mol. The van der Waals surface area contributed by atoms with Crippen molar-refractivity contribution in [2.45, 2.75) is 32.6 Å². The predicted octanol–water partition coefficient (Wildman–Crippen LogP) is 5.39. The van der Waals surface area contributed by atoms with Crippen LogP contribution >= 0.6 is 11.6 Å². The second-order valence-electron chi connectivity index (χ2n) is 7.33. The average Bonchev–Trinajstić information content (AvgIpc) is 3.08. The minimum atomic E-state index is -3.44. The largest absolute Gasteiger partial charge is 0.494 e.